The monoisotopic (exact) mass is 357 g/mol. The predicted octanol–water partition coefficient (Wildman–Crippen LogP) is 3.17. The molecule has 4 rings (SSSR count). The van der Waals surface area contributed by atoms with Crippen molar-refractivity contribution in [2.45, 2.75) is 44.2 Å². The van der Waals surface area contributed by atoms with Gasteiger partial charge in [0.15, 0.2) is 0 Å². The fraction of sp³-hybridized carbons (Fsp3) is 0.524. The van der Waals surface area contributed by atoms with Crippen molar-refractivity contribution in [1.82, 2.24) is 5.32 Å². The number of hydrogen-bond acceptors (Lipinski definition) is 4. The van der Waals surface area contributed by atoms with E-state index in [0.29, 0.717) is 6.42 Å². The molecule has 4 atom stereocenters. The molecule has 0 heterocycles. The van der Waals surface area contributed by atoms with Gasteiger partial charge in [0, 0.05) is 13.5 Å². The summed E-state index contributed by atoms with van der Waals surface area (Å²) in [5.74, 6) is -0.245. The highest BCUT2D eigenvalue weighted by Gasteiger charge is 2.62. The van der Waals surface area contributed by atoms with Gasteiger partial charge in [0.1, 0.15) is 11.0 Å². The number of rotatable bonds is 6. The third-order valence-corrected chi connectivity index (χ3v) is 6.02. The Balaban J connectivity index is 1.83. The van der Waals surface area contributed by atoms with Crippen molar-refractivity contribution in [3.8, 4) is 0 Å². The van der Waals surface area contributed by atoms with E-state index in [2.05, 4.69) is 11.4 Å². The molecule has 5 heteroatoms. The number of ether oxygens (including phenoxy) is 2. The van der Waals surface area contributed by atoms with Gasteiger partial charge >= 0.3 is 5.97 Å². The Morgan fingerprint density at radius 2 is 2.00 bits per heavy atom. The molecule has 0 radical (unpaired) electrons. The molecule has 26 heavy (non-hydrogen) atoms. The van der Waals surface area contributed by atoms with Gasteiger partial charge in [0.05, 0.1) is 13.2 Å². The van der Waals surface area contributed by atoms with Gasteiger partial charge in [-0.3, -0.25) is 9.59 Å². The molecule has 1 N–H and O–H groups in total. The van der Waals surface area contributed by atoms with Gasteiger partial charge in [-0.25, -0.2) is 0 Å². The lowest BCUT2D eigenvalue weighted by atomic mass is 9.54. The first-order chi connectivity index (χ1) is 12.5. The molecule has 140 valence electrons. The van der Waals surface area contributed by atoms with Gasteiger partial charge in [-0.05, 0) is 37.7 Å². The first kappa shape index (κ1) is 18.6. The molecule has 1 fully saturated rings. The largest absolute Gasteiger partial charge is 0.468 e. The molecule has 1 amide bonds. The second-order valence-corrected chi connectivity index (χ2v) is 7.41. The number of carbonyl (C=O) groups is 2. The Labute approximate surface area is 154 Å². The Hall–Kier alpha value is -2.14. The third-order valence-electron chi connectivity index (χ3n) is 6.02. The number of methoxy groups -OCH3 is 2. The van der Waals surface area contributed by atoms with Crippen LogP contribution in [0.2, 0.25) is 0 Å². The molecule has 0 unspecified atom stereocenters. The van der Waals surface area contributed by atoms with E-state index < -0.39 is 11.0 Å². The maximum absolute atomic E-state index is 12.9. The van der Waals surface area contributed by atoms with Crippen LogP contribution in [0.3, 0.4) is 0 Å². The van der Waals surface area contributed by atoms with Crippen LogP contribution in [-0.4, -0.2) is 31.7 Å². The zero-order chi connectivity index (χ0) is 18.8. The number of hydrogen-bond donors (Lipinski definition) is 1. The number of esters is 1. The molecule has 0 spiro atoms. The van der Waals surface area contributed by atoms with E-state index in [1.165, 1.54) is 7.11 Å². The maximum Gasteiger partial charge on any atom is 0.315 e. The minimum atomic E-state index is -0.978. The summed E-state index contributed by atoms with van der Waals surface area (Å²) in [5.41, 5.74) is -0.726. The van der Waals surface area contributed by atoms with Gasteiger partial charge < -0.3 is 14.8 Å². The van der Waals surface area contributed by atoms with Crippen LogP contribution in [0.15, 0.2) is 42.5 Å². The Kier molecular flexibility index (Phi) is 5.19. The average molecular weight is 357 g/mol. The first-order valence-corrected chi connectivity index (χ1v) is 9.13. The summed E-state index contributed by atoms with van der Waals surface area (Å²) in [7, 11) is 2.99. The van der Waals surface area contributed by atoms with Crippen LogP contribution in [0.4, 0.5) is 0 Å². The van der Waals surface area contributed by atoms with Crippen molar-refractivity contribution < 1.29 is 19.1 Å². The van der Waals surface area contributed by atoms with Crippen molar-refractivity contribution in [1.29, 1.82) is 0 Å². The zero-order valence-electron chi connectivity index (χ0n) is 15.7. The van der Waals surface area contributed by atoms with E-state index in [1.807, 2.05) is 43.3 Å². The van der Waals surface area contributed by atoms with Crippen LogP contribution in [0.5, 0.6) is 0 Å². The highest BCUT2D eigenvalue weighted by Crippen LogP contribution is 2.56. The third kappa shape index (κ3) is 3.05. The Morgan fingerprint density at radius 3 is 2.58 bits per heavy atom. The molecule has 0 aliphatic heterocycles. The molecular weight excluding hydrogens is 330 g/mol. The number of carbonyl (C=O) groups excluding carboxylic acids is 2. The van der Waals surface area contributed by atoms with Crippen LogP contribution >= 0.6 is 0 Å². The minimum Gasteiger partial charge on any atom is -0.468 e. The van der Waals surface area contributed by atoms with Crippen LogP contribution < -0.4 is 5.32 Å². The SMILES string of the molecule is COC(=O)[C@@]1(CC(=O)N[C@H](C)c2ccccc2)C[C@@H]2C=C[C@@]1(OC)CC2. The van der Waals surface area contributed by atoms with Crippen LogP contribution in [-0.2, 0) is 19.1 Å². The molecule has 0 saturated heterocycles. The van der Waals surface area contributed by atoms with Crippen LogP contribution in [0.1, 0.15) is 44.2 Å². The molecule has 2 bridgehead atoms. The van der Waals surface area contributed by atoms with Gasteiger partial charge in [-0.15, -0.1) is 0 Å². The van der Waals surface area contributed by atoms with Crippen LogP contribution in [0, 0.1) is 11.3 Å². The number of fused-ring (bicyclic) bond motifs is 2. The summed E-state index contributed by atoms with van der Waals surface area (Å²) in [5, 5.41) is 3.02. The van der Waals surface area contributed by atoms with Gasteiger partial charge in [0.25, 0.3) is 0 Å². The second-order valence-electron chi connectivity index (χ2n) is 7.41. The summed E-state index contributed by atoms with van der Waals surface area (Å²) < 4.78 is 11.0. The van der Waals surface area contributed by atoms with Crippen molar-refractivity contribution in [2.24, 2.45) is 11.3 Å². The van der Waals surface area contributed by atoms with Crippen molar-refractivity contribution in [3.63, 3.8) is 0 Å². The van der Waals surface area contributed by atoms with E-state index in [0.717, 1.165) is 18.4 Å². The molecule has 0 aromatic heterocycles. The standard InChI is InChI=1S/C21H27NO4/c1-15(17-7-5-4-6-8-17)22-18(23)14-20(19(24)25-2)13-16-9-11-21(20,26-3)12-10-16/h4-9,11,15-16H,10,12-14H2,1-3H3,(H,22,23)/t15-,16-,20+,21-/m1/s1. The van der Waals surface area contributed by atoms with E-state index in [-0.39, 0.29) is 30.3 Å². The van der Waals surface area contributed by atoms with Crippen molar-refractivity contribution >= 4 is 11.9 Å². The molecule has 1 aromatic carbocycles. The van der Waals surface area contributed by atoms with Gasteiger partial charge in [-0.2, -0.15) is 0 Å². The summed E-state index contributed by atoms with van der Waals surface area (Å²) in [4.78, 5) is 25.7. The van der Waals surface area contributed by atoms with E-state index in [1.54, 1.807) is 7.11 Å². The van der Waals surface area contributed by atoms with Crippen LogP contribution in [0.25, 0.3) is 0 Å². The van der Waals surface area contributed by atoms with E-state index >= 15 is 0 Å². The molecule has 1 saturated carbocycles. The molecule has 3 aliphatic rings. The predicted molar refractivity (Wildman–Crippen MR) is 98.3 cm³/mol. The smallest absolute Gasteiger partial charge is 0.315 e. The van der Waals surface area contributed by atoms with E-state index in [9.17, 15) is 9.59 Å². The number of nitrogens with one attached hydrogen (secondary N) is 1. The Bertz CT molecular complexity index is 701. The van der Waals surface area contributed by atoms with Crippen molar-refractivity contribution in [2.75, 3.05) is 14.2 Å². The second kappa shape index (κ2) is 7.23. The Morgan fingerprint density at radius 1 is 1.27 bits per heavy atom. The highest BCUT2D eigenvalue weighted by atomic mass is 16.5. The number of benzene rings is 1. The normalized spacial score (nSPS) is 30.7. The summed E-state index contributed by atoms with van der Waals surface area (Å²) in [6.07, 6.45) is 6.41. The number of allylic oxidation sites excluding steroid dienone is 1. The highest BCUT2D eigenvalue weighted by molar-refractivity contribution is 5.88. The summed E-state index contributed by atoms with van der Waals surface area (Å²) >= 11 is 0. The van der Waals surface area contributed by atoms with Crippen molar-refractivity contribution in [3.05, 3.63) is 48.0 Å². The summed E-state index contributed by atoms with van der Waals surface area (Å²) in [6.45, 7) is 1.94. The molecule has 3 aliphatic carbocycles. The fourth-order valence-corrected chi connectivity index (χ4v) is 4.56. The summed E-state index contributed by atoms with van der Waals surface area (Å²) in [6, 6.07) is 9.65. The molecular formula is C21H27NO4. The lowest BCUT2D eigenvalue weighted by Crippen LogP contribution is -2.60. The quantitative estimate of drug-likeness (QED) is 0.627. The first-order valence-electron chi connectivity index (χ1n) is 9.13. The lowest BCUT2D eigenvalue weighted by molar-refractivity contribution is -0.186. The molecule has 5 nitrogen and oxygen atoms in total. The number of amides is 1. The van der Waals surface area contributed by atoms with Gasteiger partial charge in [-0.1, -0.05) is 42.5 Å². The maximum atomic E-state index is 12.9. The minimum absolute atomic E-state index is 0.0610. The topological polar surface area (TPSA) is 64.6 Å². The molecule has 1 aromatic rings. The zero-order valence-corrected chi connectivity index (χ0v) is 15.7. The fourth-order valence-electron chi connectivity index (χ4n) is 4.56. The van der Waals surface area contributed by atoms with E-state index in [4.69, 9.17) is 9.47 Å². The average Bonchev–Trinajstić information content (AvgIpc) is 2.68. The lowest BCUT2D eigenvalue weighted by Gasteiger charge is -2.53. The van der Waals surface area contributed by atoms with Gasteiger partial charge in [0.2, 0.25) is 5.91 Å².